The van der Waals surface area contributed by atoms with E-state index < -0.39 is 24.2 Å². The first-order valence-electron chi connectivity index (χ1n) is 9.78. The minimum Gasteiger partial charge on any atom is -0.451 e. The van der Waals surface area contributed by atoms with Crippen molar-refractivity contribution in [2.45, 2.75) is 6.92 Å². The Hall–Kier alpha value is -3.55. The van der Waals surface area contributed by atoms with Gasteiger partial charge in [-0.25, -0.2) is 18.9 Å². The van der Waals surface area contributed by atoms with Crippen molar-refractivity contribution in [1.29, 1.82) is 0 Å². The number of hydrogen-bond donors (Lipinski definition) is 0. The summed E-state index contributed by atoms with van der Waals surface area (Å²) >= 11 is 12.1. The minimum absolute atomic E-state index is 0.252. The summed E-state index contributed by atoms with van der Waals surface area (Å²) in [5.41, 5.74) is 2.18. The van der Waals surface area contributed by atoms with E-state index in [4.69, 9.17) is 27.9 Å². The van der Waals surface area contributed by atoms with Gasteiger partial charge < -0.3 is 4.74 Å². The fourth-order valence-electron chi connectivity index (χ4n) is 3.09. The summed E-state index contributed by atoms with van der Waals surface area (Å²) in [4.78, 5) is 29.3. The molecule has 0 bridgehead atoms. The van der Waals surface area contributed by atoms with Gasteiger partial charge in [-0.05, 0) is 73.2 Å². The van der Waals surface area contributed by atoms with Crippen molar-refractivity contribution < 1.29 is 18.7 Å². The average Bonchev–Trinajstić information content (AvgIpc) is 3.25. The Balaban J connectivity index is 1.65. The van der Waals surface area contributed by atoms with Gasteiger partial charge in [0, 0.05) is 21.2 Å². The molecule has 0 N–H and O–H groups in total. The van der Waals surface area contributed by atoms with E-state index in [1.54, 1.807) is 49.4 Å². The van der Waals surface area contributed by atoms with Crippen LogP contribution in [0.2, 0.25) is 10.0 Å². The highest BCUT2D eigenvalue weighted by atomic mass is 35.5. The van der Waals surface area contributed by atoms with Gasteiger partial charge in [0.2, 0.25) is 0 Å². The van der Waals surface area contributed by atoms with E-state index in [2.05, 4.69) is 10.1 Å². The summed E-state index contributed by atoms with van der Waals surface area (Å²) in [6.45, 7) is 1.31. The number of esters is 1. The van der Waals surface area contributed by atoms with Crippen molar-refractivity contribution in [2.24, 2.45) is 0 Å². The second-order valence-corrected chi connectivity index (χ2v) is 7.91. The highest BCUT2D eigenvalue weighted by Crippen LogP contribution is 2.27. The van der Waals surface area contributed by atoms with E-state index >= 15 is 0 Å². The number of nitrogens with zero attached hydrogens (tertiary/aromatic N) is 3. The van der Waals surface area contributed by atoms with Crippen molar-refractivity contribution in [2.75, 3.05) is 6.61 Å². The second kappa shape index (κ2) is 9.52. The fraction of sp³-hybridized carbons (Fsp3) is 0.0833. The summed E-state index contributed by atoms with van der Waals surface area (Å²) in [6, 6.07) is 17.1. The lowest BCUT2D eigenvalue weighted by atomic mass is 10.1. The monoisotopic (exact) mass is 483 g/mol. The van der Waals surface area contributed by atoms with E-state index in [1.165, 1.54) is 28.9 Å². The molecule has 0 unspecified atom stereocenters. The van der Waals surface area contributed by atoms with Gasteiger partial charge in [0.1, 0.15) is 5.82 Å². The van der Waals surface area contributed by atoms with E-state index in [9.17, 15) is 14.0 Å². The van der Waals surface area contributed by atoms with Crippen molar-refractivity contribution in [1.82, 2.24) is 14.8 Å². The molecule has 6 nitrogen and oxygen atoms in total. The van der Waals surface area contributed by atoms with E-state index in [1.807, 2.05) is 0 Å². The number of hydrogen-bond acceptors (Lipinski definition) is 5. The second-order valence-electron chi connectivity index (χ2n) is 7.07. The van der Waals surface area contributed by atoms with E-state index in [0.717, 1.165) is 0 Å². The Morgan fingerprint density at radius 2 is 1.70 bits per heavy atom. The van der Waals surface area contributed by atoms with Crippen molar-refractivity contribution in [3.8, 4) is 17.1 Å². The highest BCUT2D eigenvalue weighted by molar-refractivity contribution is 6.31. The van der Waals surface area contributed by atoms with Crippen LogP contribution in [0.15, 0.2) is 66.7 Å². The van der Waals surface area contributed by atoms with Crippen LogP contribution in [0.1, 0.15) is 26.5 Å². The summed E-state index contributed by atoms with van der Waals surface area (Å²) in [5.74, 6) is -1.65. The van der Waals surface area contributed by atoms with Gasteiger partial charge >= 0.3 is 5.97 Å². The van der Waals surface area contributed by atoms with E-state index in [0.29, 0.717) is 32.4 Å². The molecule has 3 aromatic carbocycles. The number of Topliss-reactive ketones (excluding diaryl/α,β-unsaturated/α-hetero) is 1. The van der Waals surface area contributed by atoms with Crippen LogP contribution in [-0.4, -0.2) is 33.1 Å². The highest BCUT2D eigenvalue weighted by Gasteiger charge is 2.22. The van der Waals surface area contributed by atoms with Crippen LogP contribution >= 0.6 is 23.2 Å². The molecule has 0 amide bonds. The summed E-state index contributed by atoms with van der Waals surface area (Å²) < 4.78 is 20.0. The third kappa shape index (κ3) is 4.94. The van der Waals surface area contributed by atoms with Gasteiger partial charge in [-0.1, -0.05) is 29.3 Å². The standard InChI is InChI=1S/C24H16Cl2FN3O3/c1-14-19(26)3-2-4-20(14)30-23(16-7-11-18(27)12-8-16)28-22(29-30)24(32)33-13-21(31)15-5-9-17(25)10-6-15/h2-12H,13H2,1H3. The number of halogens is 3. The normalized spacial score (nSPS) is 10.8. The number of aromatic nitrogens is 3. The Labute approximate surface area is 198 Å². The number of ketones is 1. The molecule has 4 rings (SSSR count). The van der Waals surface area contributed by atoms with Gasteiger partial charge in [-0.15, -0.1) is 5.10 Å². The quantitative estimate of drug-likeness (QED) is 0.258. The zero-order valence-electron chi connectivity index (χ0n) is 17.3. The van der Waals surface area contributed by atoms with Crippen LogP contribution in [0.5, 0.6) is 0 Å². The Morgan fingerprint density at radius 1 is 1.00 bits per heavy atom. The number of ether oxygens (including phenoxy) is 1. The third-order valence-electron chi connectivity index (χ3n) is 4.86. The van der Waals surface area contributed by atoms with Gasteiger partial charge in [0.15, 0.2) is 18.2 Å². The van der Waals surface area contributed by atoms with Crippen molar-refractivity contribution in [3.63, 3.8) is 0 Å². The molecule has 0 radical (unpaired) electrons. The Kier molecular flexibility index (Phi) is 6.53. The minimum atomic E-state index is -0.876. The van der Waals surface area contributed by atoms with Crippen LogP contribution in [-0.2, 0) is 4.74 Å². The molecule has 0 atom stereocenters. The van der Waals surface area contributed by atoms with Crippen LogP contribution < -0.4 is 0 Å². The zero-order chi connectivity index (χ0) is 23.5. The molecule has 0 aliphatic heterocycles. The summed E-state index contributed by atoms with van der Waals surface area (Å²) in [6.07, 6.45) is 0. The maximum atomic E-state index is 13.4. The molecule has 33 heavy (non-hydrogen) atoms. The first-order valence-corrected chi connectivity index (χ1v) is 10.5. The predicted octanol–water partition coefficient (Wildman–Crippen LogP) is 5.73. The molecule has 166 valence electrons. The number of carbonyl (C=O) groups excluding carboxylic acids is 2. The van der Waals surface area contributed by atoms with Crippen molar-refractivity contribution in [3.05, 3.63) is 99.5 Å². The molecule has 0 saturated heterocycles. The number of benzene rings is 3. The lowest BCUT2D eigenvalue weighted by molar-refractivity contribution is 0.0462. The molecule has 0 aliphatic rings. The topological polar surface area (TPSA) is 74.1 Å². The Morgan fingerprint density at radius 3 is 2.39 bits per heavy atom. The Bertz CT molecular complexity index is 1340. The average molecular weight is 484 g/mol. The largest absolute Gasteiger partial charge is 0.451 e. The SMILES string of the molecule is Cc1c(Cl)cccc1-n1nc(C(=O)OCC(=O)c2ccc(Cl)cc2)nc1-c1ccc(F)cc1. The van der Waals surface area contributed by atoms with Gasteiger partial charge in [0.25, 0.3) is 5.82 Å². The molecular weight excluding hydrogens is 468 g/mol. The molecule has 1 heterocycles. The number of carbonyl (C=O) groups is 2. The molecule has 0 fully saturated rings. The predicted molar refractivity (Wildman–Crippen MR) is 123 cm³/mol. The number of rotatable bonds is 6. The first kappa shape index (κ1) is 22.6. The van der Waals surface area contributed by atoms with Crippen LogP contribution in [0, 0.1) is 12.7 Å². The fourth-order valence-corrected chi connectivity index (χ4v) is 3.39. The lowest BCUT2D eigenvalue weighted by Gasteiger charge is -2.10. The third-order valence-corrected chi connectivity index (χ3v) is 5.52. The molecule has 0 aliphatic carbocycles. The maximum absolute atomic E-state index is 13.4. The molecule has 1 aromatic heterocycles. The summed E-state index contributed by atoms with van der Waals surface area (Å²) in [5, 5.41) is 5.29. The van der Waals surface area contributed by atoms with Crippen LogP contribution in [0.25, 0.3) is 17.1 Å². The first-order chi connectivity index (χ1) is 15.8. The zero-order valence-corrected chi connectivity index (χ0v) is 18.8. The van der Waals surface area contributed by atoms with Crippen LogP contribution in [0.4, 0.5) is 4.39 Å². The van der Waals surface area contributed by atoms with Gasteiger partial charge in [-0.3, -0.25) is 4.79 Å². The summed E-state index contributed by atoms with van der Waals surface area (Å²) in [7, 11) is 0. The van der Waals surface area contributed by atoms with Gasteiger partial charge in [-0.2, -0.15) is 0 Å². The molecular formula is C24H16Cl2FN3O3. The smallest absolute Gasteiger partial charge is 0.378 e. The molecule has 0 spiro atoms. The van der Waals surface area contributed by atoms with Gasteiger partial charge in [0.05, 0.1) is 5.69 Å². The molecule has 9 heteroatoms. The maximum Gasteiger partial charge on any atom is 0.378 e. The molecule has 4 aromatic rings. The van der Waals surface area contributed by atoms with E-state index in [-0.39, 0.29) is 11.6 Å². The van der Waals surface area contributed by atoms with Crippen molar-refractivity contribution >= 4 is 35.0 Å². The van der Waals surface area contributed by atoms with Crippen LogP contribution in [0.3, 0.4) is 0 Å². The molecule has 0 saturated carbocycles. The lowest BCUT2D eigenvalue weighted by Crippen LogP contribution is -2.15.